The Labute approximate surface area is 91.1 Å². The van der Waals surface area contributed by atoms with E-state index in [-0.39, 0.29) is 16.6 Å². The molecule has 0 spiro atoms. The molecule has 5 nitrogen and oxygen atoms in total. The highest BCUT2D eigenvalue weighted by Crippen LogP contribution is 2.32. The molecule has 7 heteroatoms. The van der Waals surface area contributed by atoms with Gasteiger partial charge in [0.1, 0.15) is 0 Å². The van der Waals surface area contributed by atoms with Crippen LogP contribution in [-0.2, 0) is 14.8 Å². The third kappa shape index (κ3) is 2.14. The maximum Gasteiger partial charge on any atom is 0.238 e. The first-order chi connectivity index (χ1) is 6.97. The van der Waals surface area contributed by atoms with Gasteiger partial charge in [-0.3, -0.25) is 4.79 Å². The number of hydrogen-bond acceptors (Lipinski definition) is 5. The van der Waals surface area contributed by atoms with Gasteiger partial charge in [0.25, 0.3) is 0 Å². The topological polar surface area (TPSA) is 89.3 Å². The van der Waals surface area contributed by atoms with E-state index in [0.29, 0.717) is 5.69 Å². The minimum absolute atomic E-state index is 0.00542. The van der Waals surface area contributed by atoms with E-state index in [1.807, 2.05) is 0 Å². The third-order valence-corrected chi connectivity index (χ3v) is 3.79. The lowest BCUT2D eigenvalue weighted by Gasteiger charge is -2.16. The monoisotopic (exact) mass is 244 g/mol. The van der Waals surface area contributed by atoms with Gasteiger partial charge >= 0.3 is 0 Å². The fourth-order valence-electron chi connectivity index (χ4n) is 1.24. The van der Waals surface area contributed by atoms with Gasteiger partial charge in [-0.2, -0.15) is 0 Å². The summed E-state index contributed by atoms with van der Waals surface area (Å²) < 4.78 is 22.1. The SMILES string of the molecule is NS(=O)(=O)c1ccc2c(c1)NCC(=O)S2. The van der Waals surface area contributed by atoms with Crippen LogP contribution in [-0.4, -0.2) is 20.1 Å². The van der Waals surface area contributed by atoms with Gasteiger partial charge in [0.15, 0.2) is 0 Å². The van der Waals surface area contributed by atoms with E-state index < -0.39 is 10.0 Å². The summed E-state index contributed by atoms with van der Waals surface area (Å²) in [5.41, 5.74) is 0.631. The first kappa shape index (κ1) is 10.5. The predicted molar refractivity (Wildman–Crippen MR) is 57.2 cm³/mol. The Balaban J connectivity index is 2.48. The molecule has 1 aromatic carbocycles. The second-order valence-electron chi connectivity index (χ2n) is 3.03. The summed E-state index contributed by atoms with van der Waals surface area (Å²) in [5, 5.41) is 7.83. The molecule has 0 atom stereocenters. The third-order valence-electron chi connectivity index (χ3n) is 1.93. The standard InChI is InChI=1S/C8H8N2O3S2/c9-15(12,13)5-1-2-7-6(3-5)10-4-8(11)14-7/h1-3,10H,4H2,(H2,9,12,13). The van der Waals surface area contributed by atoms with Crippen molar-refractivity contribution in [3.63, 3.8) is 0 Å². The van der Waals surface area contributed by atoms with Crippen LogP contribution in [0.3, 0.4) is 0 Å². The fourth-order valence-corrected chi connectivity index (χ4v) is 2.55. The number of nitrogens with one attached hydrogen (secondary N) is 1. The first-order valence-electron chi connectivity index (χ1n) is 4.08. The van der Waals surface area contributed by atoms with Crippen LogP contribution >= 0.6 is 11.8 Å². The Hall–Kier alpha value is -1.05. The summed E-state index contributed by atoms with van der Waals surface area (Å²) >= 11 is 1.09. The van der Waals surface area contributed by atoms with Gasteiger partial charge in [-0.15, -0.1) is 0 Å². The van der Waals surface area contributed by atoms with Crippen molar-refractivity contribution in [3.8, 4) is 0 Å². The fraction of sp³-hybridized carbons (Fsp3) is 0.125. The molecule has 1 aliphatic rings. The second-order valence-corrected chi connectivity index (χ2v) is 5.69. The largest absolute Gasteiger partial charge is 0.376 e. The van der Waals surface area contributed by atoms with Crippen molar-refractivity contribution in [2.45, 2.75) is 9.79 Å². The number of carbonyl (C=O) groups is 1. The van der Waals surface area contributed by atoms with Gasteiger partial charge in [0.2, 0.25) is 15.1 Å². The molecule has 1 aliphatic heterocycles. The summed E-state index contributed by atoms with van der Waals surface area (Å²) in [6, 6.07) is 4.40. The number of carbonyl (C=O) groups excluding carboxylic acids is 1. The zero-order valence-corrected chi connectivity index (χ0v) is 9.19. The number of primary sulfonamides is 1. The summed E-state index contributed by atoms with van der Waals surface area (Å²) in [6.45, 7) is 0.200. The Kier molecular flexibility index (Phi) is 2.45. The summed E-state index contributed by atoms with van der Waals surface area (Å²) in [4.78, 5) is 11.8. The molecule has 0 bridgehead atoms. The molecular weight excluding hydrogens is 236 g/mol. The molecule has 0 fully saturated rings. The number of hydrogen-bond donors (Lipinski definition) is 2. The minimum atomic E-state index is -3.68. The van der Waals surface area contributed by atoms with Gasteiger partial charge in [0.05, 0.1) is 17.1 Å². The lowest BCUT2D eigenvalue weighted by atomic mass is 10.3. The lowest BCUT2D eigenvalue weighted by Crippen LogP contribution is -2.17. The molecule has 0 saturated heterocycles. The molecule has 1 aromatic rings. The molecule has 3 N–H and O–H groups in total. The second kappa shape index (κ2) is 3.51. The van der Waals surface area contributed by atoms with E-state index >= 15 is 0 Å². The van der Waals surface area contributed by atoms with Crippen molar-refractivity contribution in [1.82, 2.24) is 0 Å². The van der Waals surface area contributed by atoms with E-state index in [2.05, 4.69) is 5.32 Å². The number of anilines is 1. The van der Waals surface area contributed by atoms with Gasteiger partial charge in [-0.25, -0.2) is 13.6 Å². The van der Waals surface area contributed by atoms with Gasteiger partial charge in [-0.1, -0.05) is 0 Å². The average Bonchev–Trinajstić information content (AvgIpc) is 2.15. The number of benzene rings is 1. The van der Waals surface area contributed by atoms with E-state index in [1.54, 1.807) is 6.07 Å². The van der Waals surface area contributed by atoms with E-state index in [9.17, 15) is 13.2 Å². The van der Waals surface area contributed by atoms with Gasteiger partial charge in [0, 0.05) is 4.90 Å². The van der Waals surface area contributed by atoms with Gasteiger partial charge < -0.3 is 5.32 Å². The van der Waals surface area contributed by atoms with Crippen LogP contribution in [0, 0.1) is 0 Å². The normalized spacial score (nSPS) is 15.7. The zero-order chi connectivity index (χ0) is 11.1. The Morgan fingerprint density at radius 1 is 1.40 bits per heavy atom. The van der Waals surface area contributed by atoms with Crippen LogP contribution in [0.25, 0.3) is 0 Å². The van der Waals surface area contributed by atoms with E-state index in [0.717, 1.165) is 16.7 Å². The quantitative estimate of drug-likeness (QED) is 0.745. The summed E-state index contributed by atoms with van der Waals surface area (Å²) in [6.07, 6.45) is 0. The molecule has 0 aliphatic carbocycles. The average molecular weight is 244 g/mol. The van der Waals surface area contributed by atoms with Crippen LogP contribution in [0.2, 0.25) is 0 Å². The van der Waals surface area contributed by atoms with E-state index in [1.165, 1.54) is 12.1 Å². The first-order valence-corrected chi connectivity index (χ1v) is 6.44. The van der Waals surface area contributed by atoms with Gasteiger partial charge in [-0.05, 0) is 30.0 Å². The zero-order valence-electron chi connectivity index (χ0n) is 7.56. The van der Waals surface area contributed by atoms with Crippen LogP contribution in [0.5, 0.6) is 0 Å². The molecule has 1 heterocycles. The van der Waals surface area contributed by atoms with Crippen molar-refractivity contribution in [1.29, 1.82) is 0 Å². The lowest BCUT2D eigenvalue weighted by molar-refractivity contribution is -0.109. The molecule has 0 saturated carbocycles. The number of fused-ring (bicyclic) bond motifs is 1. The molecule has 80 valence electrons. The molecule has 0 amide bonds. The maximum absolute atomic E-state index is 11.1. The minimum Gasteiger partial charge on any atom is -0.376 e. The van der Waals surface area contributed by atoms with Crippen molar-refractivity contribution < 1.29 is 13.2 Å². The molecule has 15 heavy (non-hydrogen) atoms. The van der Waals surface area contributed by atoms with Crippen LogP contribution in [0.4, 0.5) is 5.69 Å². The molecule has 0 unspecified atom stereocenters. The van der Waals surface area contributed by atoms with Crippen LogP contribution in [0.15, 0.2) is 28.0 Å². The summed E-state index contributed by atoms with van der Waals surface area (Å²) in [5.74, 6) is 0. The van der Waals surface area contributed by atoms with E-state index in [4.69, 9.17) is 5.14 Å². The van der Waals surface area contributed by atoms with Crippen molar-refractivity contribution in [2.24, 2.45) is 5.14 Å². The highest BCUT2D eigenvalue weighted by atomic mass is 32.2. The number of thioether (sulfide) groups is 1. The molecule has 2 rings (SSSR count). The molecule has 0 radical (unpaired) electrons. The molecule has 0 aromatic heterocycles. The Bertz CT molecular complexity index is 525. The number of sulfonamides is 1. The Morgan fingerprint density at radius 3 is 2.80 bits per heavy atom. The van der Waals surface area contributed by atoms with Crippen molar-refractivity contribution in [3.05, 3.63) is 18.2 Å². The molecular formula is C8H8N2O3S2. The highest BCUT2D eigenvalue weighted by Gasteiger charge is 2.18. The van der Waals surface area contributed by atoms with Crippen molar-refractivity contribution >= 4 is 32.6 Å². The Morgan fingerprint density at radius 2 is 2.13 bits per heavy atom. The maximum atomic E-state index is 11.1. The summed E-state index contributed by atoms with van der Waals surface area (Å²) in [7, 11) is -3.68. The smallest absolute Gasteiger partial charge is 0.238 e. The number of rotatable bonds is 1. The van der Waals surface area contributed by atoms with Crippen molar-refractivity contribution in [2.75, 3.05) is 11.9 Å². The highest BCUT2D eigenvalue weighted by molar-refractivity contribution is 8.14. The predicted octanol–water partition coefficient (Wildman–Crippen LogP) is 0.378. The van der Waals surface area contributed by atoms with Crippen LogP contribution < -0.4 is 10.5 Å². The van der Waals surface area contributed by atoms with Crippen LogP contribution in [0.1, 0.15) is 0 Å². The number of nitrogens with two attached hydrogens (primary N) is 1.